The normalized spacial score (nSPS) is 10.4. The molecule has 2 aromatic rings. The van der Waals surface area contributed by atoms with E-state index in [9.17, 15) is 4.79 Å². The highest BCUT2D eigenvalue weighted by molar-refractivity contribution is 7.12. The van der Waals surface area contributed by atoms with Crippen LogP contribution in [0.4, 0.5) is 5.82 Å². The Balaban J connectivity index is 2.41. The fraction of sp³-hybridized carbons (Fsp3) is 0.111. The summed E-state index contributed by atoms with van der Waals surface area (Å²) < 4.78 is 1.22. The molecule has 2 aromatic heterocycles. The molecule has 0 unspecified atom stereocenters. The van der Waals surface area contributed by atoms with Gasteiger partial charge in [-0.25, -0.2) is 0 Å². The highest BCUT2D eigenvalue weighted by Gasteiger charge is 2.13. The van der Waals surface area contributed by atoms with Crippen LogP contribution >= 0.6 is 11.3 Å². The Kier molecular flexibility index (Phi) is 2.09. The van der Waals surface area contributed by atoms with Crippen LogP contribution in [0, 0.1) is 6.92 Å². The number of aryl methyl sites for hydroxylation is 1. The smallest absolute Gasteiger partial charge is 0.290 e. The Labute approximate surface area is 85.0 Å². The van der Waals surface area contributed by atoms with E-state index in [4.69, 9.17) is 5.73 Å². The van der Waals surface area contributed by atoms with Gasteiger partial charge < -0.3 is 5.73 Å². The lowest BCUT2D eigenvalue weighted by Gasteiger charge is -1.98. The molecule has 0 bridgehead atoms. The molecule has 0 radical (unpaired) electrons. The predicted octanol–water partition coefficient (Wildman–Crippen LogP) is 1.52. The molecule has 0 saturated carbocycles. The summed E-state index contributed by atoms with van der Waals surface area (Å²) in [5.74, 6) is 0.200. The van der Waals surface area contributed by atoms with E-state index in [-0.39, 0.29) is 5.91 Å². The van der Waals surface area contributed by atoms with Crippen LogP contribution in [0.15, 0.2) is 23.6 Å². The summed E-state index contributed by atoms with van der Waals surface area (Å²) >= 11 is 1.38. The Bertz CT molecular complexity index is 458. The lowest BCUT2D eigenvalue weighted by atomic mass is 10.4. The lowest BCUT2D eigenvalue weighted by Crippen LogP contribution is -2.14. The van der Waals surface area contributed by atoms with Gasteiger partial charge in [-0.15, -0.1) is 11.3 Å². The number of carbonyl (C=O) groups excluding carboxylic acids is 1. The van der Waals surface area contributed by atoms with Gasteiger partial charge in [-0.2, -0.15) is 9.78 Å². The second kappa shape index (κ2) is 3.26. The fourth-order valence-electron chi connectivity index (χ4n) is 1.19. The van der Waals surface area contributed by atoms with Crippen molar-refractivity contribution in [1.82, 2.24) is 9.78 Å². The Morgan fingerprint density at radius 3 is 2.93 bits per heavy atom. The number of thiophene rings is 1. The van der Waals surface area contributed by atoms with Gasteiger partial charge in [0.25, 0.3) is 5.91 Å². The molecule has 0 amide bonds. The van der Waals surface area contributed by atoms with Crippen molar-refractivity contribution in [1.29, 1.82) is 0 Å². The molecule has 0 atom stereocenters. The molecule has 0 saturated heterocycles. The number of nitrogens with zero attached hydrogens (tertiary/aromatic N) is 2. The number of nitrogens with two attached hydrogens (primary N) is 1. The zero-order chi connectivity index (χ0) is 10.1. The minimum absolute atomic E-state index is 0.175. The Morgan fingerprint density at radius 1 is 1.64 bits per heavy atom. The van der Waals surface area contributed by atoms with Crippen molar-refractivity contribution in [3.8, 4) is 0 Å². The van der Waals surface area contributed by atoms with Crippen LogP contribution in [-0.2, 0) is 0 Å². The van der Waals surface area contributed by atoms with Gasteiger partial charge in [0.15, 0.2) is 0 Å². The van der Waals surface area contributed by atoms with Crippen molar-refractivity contribution in [2.45, 2.75) is 6.92 Å². The third-order valence-electron chi connectivity index (χ3n) is 1.78. The van der Waals surface area contributed by atoms with E-state index >= 15 is 0 Å². The maximum Gasteiger partial charge on any atom is 0.290 e. The standard InChI is InChI=1S/C9H9N3OS/c1-6-5-8(10)12(11-6)9(13)7-3-2-4-14-7/h2-5H,10H2,1H3. The first-order chi connectivity index (χ1) is 6.68. The minimum atomic E-state index is -0.175. The molecule has 72 valence electrons. The molecule has 14 heavy (non-hydrogen) atoms. The van der Waals surface area contributed by atoms with Gasteiger partial charge in [0.05, 0.1) is 10.6 Å². The quantitative estimate of drug-likeness (QED) is 0.771. The largest absolute Gasteiger partial charge is 0.383 e. The van der Waals surface area contributed by atoms with Gasteiger partial charge in [0.2, 0.25) is 0 Å². The second-order valence-corrected chi connectivity index (χ2v) is 3.85. The van der Waals surface area contributed by atoms with Crippen LogP contribution in [0.5, 0.6) is 0 Å². The van der Waals surface area contributed by atoms with Crippen LogP contribution in [-0.4, -0.2) is 15.7 Å². The first kappa shape index (κ1) is 8.96. The monoisotopic (exact) mass is 207 g/mol. The summed E-state index contributed by atoms with van der Waals surface area (Å²) in [5.41, 5.74) is 6.38. The zero-order valence-electron chi connectivity index (χ0n) is 7.60. The van der Waals surface area contributed by atoms with Crippen molar-refractivity contribution < 1.29 is 4.79 Å². The van der Waals surface area contributed by atoms with E-state index in [1.165, 1.54) is 16.0 Å². The van der Waals surface area contributed by atoms with Crippen molar-refractivity contribution >= 4 is 23.1 Å². The number of anilines is 1. The molecule has 0 aliphatic rings. The molecule has 0 aromatic carbocycles. The third kappa shape index (κ3) is 1.42. The van der Waals surface area contributed by atoms with E-state index in [0.717, 1.165) is 5.69 Å². The lowest BCUT2D eigenvalue weighted by molar-refractivity contribution is 0.0951. The molecule has 5 heteroatoms. The van der Waals surface area contributed by atoms with E-state index in [0.29, 0.717) is 10.7 Å². The first-order valence-electron chi connectivity index (χ1n) is 4.09. The number of nitrogen functional groups attached to an aromatic ring is 1. The van der Waals surface area contributed by atoms with E-state index in [2.05, 4.69) is 5.10 Å². The molecule has 0 fully saturated rings. The third-order valence-corrected chi connectivity index (χ3v) is 2.64. The summed E-state index contributed by atoms with van der Waals surface area (Å²) in [6.07, 6.45) is 0. The molecular weight excluding hydrogens is 198 g/mol. The molecule has 4 nitrogen and oxygen atoms in total. The van der Waals surface area contributed by atoms with Gasteiger partial charge in [0, 0.05) is 6.07 Å². The van der Waals surface area contributed by atoms with E-state index < -0.39 is 0 Å². The maximum atomic E-state index is 11.8. The number of hydrogen-bond acceptors (Lipinski definition) is 4. The molecular formula is C9H9N3OS. The summed E-state index contributed by atoms with van der Waals surface area (Å²) in [5, 5.41) is 5.86. The van der Waals surface area contributed by atoms with Gasteiger partial charge in [-0.05, 0) is 18.4 Å². The predicted molar refractivity (Wildman–Crippen MR) is 55.4 cm³/mol. The molecule has 0 aliphatic carbocycles. The van der Waals surface area contributed by atoms with Crippen LogP contribution in [0.25, 0.3) is 0 Å². The maximum absolute atomic E-state index is 11.8. The van der Waals surface area contributed by atoms with Crippen molar-refractivity contribution in [2.24, 2.45) is 0 Å². The Morgan fingerprint density at radius 2 is 2.43 bits per heavy atom. The highest BCUT2D eigenvalue weighted by Crippen LogP contribution is 2.13. The molecule has 2 N–H and O–H groups in total. The van der Waals surface area contributed by atoms with Gasteiger partial charge in [-0.3, -0.25) is 4.79 Å². The second-order valence-electron chi connectivity index (χ2n) is 2.90. The highest BCUT2D eigenvalue weighted by atomic mass is 32.1. The average molecular weight is 207 g/mol. The summed E-state index contributed by atoms with van der Waals surface area (Å²) in [4.78, 5) is 12.4. The summed E-state index contributed by atoms with van der Waals surface area (Å²) in [6, 6.07) is 5.25. The van der Waals surface area contributed by atoms with Crippen LogP contribution < -0.4 is 5.73 Å². The van der Waals surface area contributed by atoms with Gasteiger partial charge in [-0.1, -0.05) is 6.07 Å². The SMILES string of the molecule is Cc1cc(N)n(C(=O)c2cccs2)n1. The number of hydrogen-bond donors (Lipinski definition) is 1. The Hall–Kier alpha value is -1.62. The first-order valence-corrected chi connectivity index (χ1v) is 4.97. The fourth-order valence-corrected chi connectivity index (χ4v) is 1.83. The summed E-state index contributed by atoms with van der Waals surface area (Å²) in [7, 11) is 0. The van der Waals surface area contributed by atoms with Crippen LogP contribution in [0.1, 0.15) is 15.4 Å². The van der Waals surface area contributed by atoms with Crippen molar-refractivity contribution in [3.63, 3.8) is 0 Å². The zero-order valence-corrected chi connectivity index (χ0v) is 8.41. The topological polar surface area (TPSA) is 60.9 Å². The number of aromatic nitrogens is 2. The van der Waals surface area contributed by atoms with E-state index in [1.807, 2.05) is 11.4 Å². The molecule has 0 spiro atoms. The summed E-state index contributed by atoms with van der Waals surface area (Å²) in [6.45, 7) is 1.80. The molecule has 2 heterocycles. The average Bonchev–Trinajstić information content (AvgIpc) is 2.73. The molecule has 2 rings (SSSR count). The van der Waals surface area contributed by atoms with Crippen LogP contribution in [0.2, 0.25) is 0 Å². The number of carbonyl (C=O) groups is 1. The van der Waals surface area contributed by atoms with E-state index in [1.54, 1.807) is 19.1 Å². The minimum Gasteiger partial charge on any atom is -0.383 e. The molecule has 0 aliphatic heterocycles. The van der Waals surface area contributed by atoms with Gasteiger partial charge >= 0.3 is 0 Å². The van der Waals surface area contributed by atoms with Crippen molar-refractivity contribution in [3.05, 3.63) is 34.2 Å². The van der Waals surface area contributed by atoms with Gasteiger partial charge in [0.1, 0.15) is 5.82 Å². The van der Waals surface area contributed by atoms with Crippen molar-refractivity contribution in [2.75, 3.05) is 5.73 Å². The van der Waals surface area contributed by atoms with Crippen LogP contribution in [0.3, 0.4) is 0 Å². The number of rotatable bonds is 1.